The van der Waals surface area contributed by atoms with Crippen LogP contribution in [0.2, 0.25) is 0 Å². The van der Waals surface area contributed by atoms with Crippen molar-refractivity contribution in [3.63, 3.8) is 0 Å². The van der Waals surface area contributed by atoms with Crippen LogP contribution in [0.15, 0.2) is 0 Å². The summed E-state index contributed by atoms with van der Waals surface area (Å²) < 4.78 is 12.1. The van der Waals surface area contributed by atoms with Crippen molar-refractivity contribution in [1.82, 2.24) is 0 Å². The summed E-state index contributed by atoms with van der Waals surface area (Å²) in [5.74, 6) is 0. The molecule has 1 unspecified atom stereocenters. The maximum atomic E-state index is 9.34. The van der Waals surface area contributed by atoms with Gasteiger partial charge in [-0.3, -0.25) is 4.21 Å². The Balaban J connectivity index is -0.0000000817. The van der Waals surface area contributed by atoms with E-state index in [0.29, 0.717) is 0 Å². The molecule has 0 saturated carbocycles. The molecule has 0 spiro atoms. The van der Waals surface area contributed by atoms with E-state index in [0.717, 1.165) is 0 Å². The molecule has 0 aromatic rings. The van der Waals surface area contributed by atoms with Crippen molar-refractivity contribution in [3.05, 3.63) is 0 Å². The van der Waals surface area contributed by atoms with Crippen LogP contribution in [0.25, 0.3) is 0 Å². The summed E-state index contributed by atoms with van der Waals surface area (Å²) in [4.78, 5) is 37.3. The first-order valence-corrected chi connectivity index (χ1v) is 4.09. The summed E-state index contributed by atoms with van der Waals surface area (Å²) in [5.41, 5.74) is 0. The Morgan fingerprint density at radius 1 is 1.09 bits per heavy atom. The molecule has 0 saturated heterocycles. The maximum absolute atomic E-state index is 9.34. The Morgan fingerprint density at radius 3 is 1.36 bits per heavy atom. The van der Waals surface area contributed by atoms with Crippen molar-refractivity contribution in [3.8, 4) is 0 Å². The van der Waals surface area contributed by atoms with Gasteiger partial charge in [-0.1, -0.05) is 0 Å². The van der Waals surface area contributed by atoms with Gasteiger partial charge in [0, 0.05) is 0 Å². The third kappa shape index (κ3) is 24.6. The van der Waals surface area contributed by atoms with E-state index < -0.39 is 17.3 Å². The fourth-order valence-electron chi connectivity index (χ4n) is 0.0913. The third-order valence-corrected chi connectivity index (χ3v) is 1.68. The molecule has 0 heterocycles. The average molecular weight is 224 g/mol. The third-order valence-electron chi connectivity index (χ3n) is 0.186. The number of rotatable bonds is 2. The van der Waals surface area contributed by atoms with Crippen molar-refractivity contribution in [1.29, 1.82) is 0 Å². The Morgan fingerprint density at radius 2 is 1.36 bits per heavy atom. The molecular formula is Na3O6PSi. The van der Waals surface area contributed by atoms with Crippen molar-refractivity contribution >= 4 is 17.3 Å². The molecule has 0 aliphatic carbocycles. The van der Waals surface area contributed by atoms with E-state index in [2.05, 4.69) is 4.21 Å². The predicted octanol–water partition coefficient (Wildman–Crippen LogP) is -13.5. The van der Waals surface area contributed by atoms with Crippen LogP contribution in [0.4, 0.5) is 0 Å². The molecule has 0 aliphatic heterocycles. The molecule has 0 aromatic heterocycles. The van der Waals surface area contributed by atoms with Gasteiger partial charge in [0.1, 0.15) is 0 Å². The molecule has 0 rings (SSSR count). The van der Waals surface area contributed by atoms with Gasteiger partial charge in [-0.05, 0) is 13.6 Å². The minimum absolute atomic E-state index is 0. The zero-order valence-electron chi connectivity index (χ0n) is 6.40. The second-order valence-corrected chi connectivity index (χ2v) is 2.99. The van der Waals surface area contributed by atoms with Gasteiger partial charge < -0.3 is 19.3 Å². The molecule has 0 aliphatic rings. The average Bonchev–Trinajstić information content (AvgIpc) is 1.21. The van der Waals surface area contributed by atoms with Gasteiger partial charge in [0.25, 0.3) is 0 Å². The van der Waals surface area contributed by atoms with E-state index in [1.54, 1.807) is 0 Å². The van der Waals surface area contributed by atoms with Crippen LogP contribution >= 0.6 is 8.25 Å². The Bertz CT molecular complexity index is 100. The molecule has 0 bridgehead atoms. The van der Waals surface area contributed by atoms with Crippen LogP contribution in [0.5, 0.6) is 0 Å². The summed E-state index contributed by atoms with van der Waals surface area (Å²) in [6, 6.07) is 0. The normalized spacial score (nSPS) is 10.0. The zero-order chi connectivity index (χ0) is 6.78. The predicted molar refractivity (Wildman–Crippen MR) is 14.4 cm³/mol. The number of hydrogen-bond donors (Lipinski definition) is 0. The van der Waals surface area contributed by atoms with Crippen molar-refractivity contribution < 1.29 is 117 Å². The van der Waals surface area contributed by atoms with E-state index in [1.807, 2.05) is 0 Å². The molecule has 11 heteroatoms. The maximum Gasteiger partial charge on any atom is 1.00 e. The van der Waals surface area contributed by atoms with E-state index >= 15 is 0 Å². The quantitative estimate of drug-likeness (QED) is 0.339. The van der Waals surface area contributed by atoms with Gasteiger partial charge >= 0.3 is 96.9 Å². The first-order chi connectivity index (χ1) is 3.42. The summed E-state index contributed by atoms with van der Waals surface area (Å²) in [5, 5.41) is 0. The van der Waals surface area contributed by atoms with Crippen LogP contribution in [-0.4, -0.2) is 9.05 Å². The van der Waals surface area contributed by atoms with Crippen LogP contribution in [0, 0.1) is 0 Å². The Labute approximate surface area is 132 Å². The SMILES string of the molecule is O=[P+]([O-])O[Si]([O-])([O-])[O-].[Na+].[Na+].[Na+]. The van der Waals surface area contributed by atoms with Crippen LogP contribution < -0.4 is 108 Å². The zero-order valence-corrected chi connectivity index (χ0v) is 14.3. The summed E-state index contributed by atoms with van der Waals surface area (Å²) in [6.45, 7) is 0. The van der Waals surface area contributed by atoms with Crippen LogP contribution in [0.3, 0.4) is 0 Å². The van der Waals surface area contributed by atoms with Gasteiger partial charge in [0.15, 0.2) is 0 Å². The van der Waals surface area contributed by atoms with Crippen LogP contribution in [0.1, 0.15) is 0 Å². The summed E-state index contributed by atoms with van der Waals surface area (Å²) >= 11 is 0. The van der Waals surface area contributed by atoms with E-state index in [1.165, 1.54) is 0 Å². The molecule has 0 N–H and O–H groups in total. The fourth-order valence-corrected chi connectivity index (χ4v) is 0.822. The van der Waals surface area contributed by atoms with Gasteiger partial charge in [0.2, 0.25) is 0 Å². The second-order valence-electron chi connectivity index (χ2n) is 0.815. The fraction of sp³-hybridized carbons (Fsp3) is 0. The van der Waals surface area contributed by atoms with Crippen LogP contribution in [-0.2, 0) is 8.78 Å². The molecule has 6 nitrogen and oxygen atoms in total. The van der Waals surface area contributed by atoms with E-state index in [4.69, 9.17) is 0 Å². The molecule has 0 aromatic carbocycles. The van der Waals surface area contributed by atoms with Gasteiger partial charge in [-0.15, -0.1) is 0 Å². The van der Waals surface area contributed by atoms with Crippen molar-refractivity contribution in [2.45, 2.75) is 0 Å². The molecule has 0 amide bonds. The van der Waals surface area contributed by atoms with Gasteiger partial charge in [-0.2, -0.15) is 0 Å². The molecule has 48 valence electrons. The molecule has 0 fully saturated rings. The van der Waals surface area contributed by atoms with Crippen molar-refractivity contribution in [2.24, 2.45) is 0 Å². The number of hydrogen-bond acceptors (Lipinski definition) is 6. The first-order valence-electron chi connectivity index (χ1n) is 1.36. The minimum atomic E-state index is -5.57. The molecule has 0 radical (unpaired) electrons. The molecular weight excluding hydrogens is 224 g/mol. The molecule has 11 heavy (non-hydrogen) atoms. The Hall–Kier alpha value is 3.12. The Kier molecular flexibility index (Phi) is 24.1. The summed E-state index contributed by atoms with van der Waals surface area (Å²) in [7, 11) is -9.13. The second kappa shape index (κ2) is 11.2. The molecule has 1 atom stereocenters. The van der Waals surface area contributed by atoms with Gasteiger partial charge in [0.05, 0.1) is 0 Å². The largest absolute Gasteiger partial charge is 1.00 e. The van der Waals surface area contributed by atoms with Crippen molar-refractivity contribution in [2.75, 3.05) is 0 Å². The van der Waals surface area contributed by atoms with E-state index in [9.17, 15) is 23.8 Å². The minimum Gasteiger partial charge on any atom is -0.857 e. The van der Waals surface area contributed by atoms with E-state index in [-0.39, 0.29) is 88.7 Å². The van der Waals surface area contributed by atoms with Gasteiger partial charge in [-0.25, -0.2) is 0 Å². The smallest absolute Gasteiger partial charge is 0.857 e. The topological polar surface area (TPSA) is 119 Å². The summed E-state index contributed by atoms with van der Waals surface area (Å²) in [6.07, 6.45) is 0. The first kappa shape index (κ1) is 23.7. The monoisotopic (exact) mass is 224 g/mol. The standard InChI is InChI=1S/3Na.O6PSi/c;;;1-7(2)6-8(3,4)5/q3*+1;-3.